The number of carbonyl (C=O) groups is 1. The van der Waals surface area contributed by atoms with E-state index in [1.54, 1.807) is 19.1 Å². The first-order valence-corrected chi connectivity index (χ1v) is 12.6. The predicted octanol–water partition coefficient (Wildman–Crippen LogP) is 1.51. The molecule has 0 bridgehead atoms. The number of sulfonamides is 1. The average molecular weight is 415 g/mol. The van der Waals surface area contributed by atoms with Crippen LogP contribution in [0.25, 0.3) is 0 Å². The van der Waals surface area contributed by atoms with Gasteiger partial charge in [-0.1, -0.05) is 12.5 Å². The molecule has 27 heavy (non-hydrogen) atoms. The van der Waals surface area contributed by atoms with Crippen LogP contribution in [0.3, 0.4) is 0 Å². The Morgan fingerprint density at radius 3 is 2.52 bits per heavy atom. The molecule has 1 atom stereocenters. The second kappa shape index (κ2) is 7.89. The zero-order valence-electron chi connectivity index (χ0n) is 15.5. The first kappa shape index (κ1) is 20.3. The van der Waals surface area contributed by atoms with Crippen LogP contribution >= 0.6 is 0 Å². The van der Waals surface area contributed by atoms with Crippen molar-refractivity contribution in [1.82, 2.24) is 9.21 Å². The highest BCUT2D eigenvalue weighted by atomic mass is 32.2. The number of rotatable bonds is 5. The van der Waals surface area contributed by atoms with Crippen LogP contribution in [0, 0.1) is 0 Å². The minimum absolute atomic E-state index is 0.0294. The summed E-state index contributed by atoms with van der Waals surface area (Å²) in [6, 6.07) is 5.73. The van der Waals surface area contributed by atoms with E-state index in [1.807, 2.05) is 0 Å². The highest BCUT2D eigenvalue weighted by molar-refractivity contribution is 7.91. The first-order valence-electron chi connectivity index (χ1n) is 9.36. The van der Waals surface area contributed by atoms with Crippen molar-refractivity contribution < 1.29 is 21.6 Å². The molecule has 150 valence electrons. The number of sulfone groups is 1. The molecule has 1 amide bonds. The zero-order valence-corrected chi connectivity index (χ0v) is 17.1. The van der Waals surface area contributed by atoms with Crippen molar-refractivity contribution >= 4 is 25.8 Å². The van der Waals surface area contributed by atoms with E-state index < -0.39 is 19.9 Å². The summed E-state index contributed by atoms with van der Waals surface area (Å²) < 4.78 is 50.7. The molecule has 1 aromatic carbocycles. The van der Waals surface area contributed by atoms with Crippen LogP contribution in [-0.4, -0.2) is 69.1 Å². The highest BCUT2D eigenvalue weighted by Crippen LogP contribution is 2.24. The molecule has 1 aromatic rings. The van der Waals surface area contributed by atoms with Gasteiger partial charge in [0, 0.05) is 31.2 Å². The van der Waals surface area contributed by atoms with Gasteiger partial charge in [-0.2, -0.15) is 4.31 Å². The van der Waals surface area contributed by atoms with Crippen molar-refractivity contribution in [2.24, 2.45) is 0 Å². The second-order valence-electron chi connectivity index (χ2n) is 7.14. The molecule has 3 rings (SSSR count). The lowest BCUT2D eigenvalue weighted by Crippen LogP contribution is -2.41. The van der Waals surface area contributed by atoms with Crippen molar-refractivity contribution in [3.8, 4) is 0 Å². The third-order valence-corrected chi connectivity index (χ3v) is 8.93. The second-order valence-corrected chi connectivity index (χ2v) is 11.3. The molecule has 0 N–H and O–H groups in total. The largest absolute Gasteiger partial charge is 0.335 e. The van der Waals surface area contributed by atoms with Crippen molar-refractivity contribution in [2.45, 2.75) is 43.5 Å². The van der Waals surface area contributed by atoms with E-state index in [-0.39, 0.29) is 33.9 Å². The van der Waals surface area contributed by atoms with E-state index in [1.165, 1.54) is 21.3 Å². The molecular formula is C18H26N2O5S2. The Balaban J connectivity index is 1.84. The summed E-state index contributed by atoms with van der Waals surface area (Å²) in [6.07, 6.45) is 3.14. The summed E-state index contributed by atoms with van der Waals surface area (Å²) in [5.41, 5.74) is 0.277. The Kier molecular flexibility index (Phi) is 5.93. The number of hydrogen-bond acceptors (Lipinski definition) is 5. The summed E-state index contributed by atoms with van der Waals surface area (Å²) in [5.74, 6) is -0.265. The van der Waals surface area contributed by atoms with E-state index in [0.717, 1.165) is 19.3 Å². The molecule has 2 fully saturated rings. The minimum atomic E-state index is -3.62. The molecule has 0 saturated carbocycles. The van der Waals surface area contributed by atoms with E-state index in [0.29, 0.717) is 26.1 Å². The number of nitrogens with zero attached hydrogens (tertiary/aromatic N) is 2. The summed E-state index contributed by atoms with van der Waals surface area (Å²) >= 11 is 0. The van der Waals surface area contributed by atoms with Crippen LogP contribution in [0.5, 0.6) is 0 Å². The molecule has 2 aliphatic heterocycles. The van der Waals surface area contributed by atoms with Crippen molar-refractivity contribution in [3.63, 3.8) is 0 Å². The molecule has 7 nitrogen and oxygen atoms in total. The average Bonchev–Trinajstić information content (AvgIpc) is 3.02. The smallest absolute Gasteiger partial charge is 0.254 e. The standard InChI is InChI=1S/C18H26N2O5S2/c1-2-20(16-9-12-26(22,23)14-16)18(21)15-7-6-8-17(13-15)27(24,25)19-10-4-3-5-11-19/h6-8,13,16H,2-5,9-12,14H2,1H3/t16-/m0/s1. The van der Waals surface area contributed by atoms with Gasteiger partial charge in [-0.05, 0) is 44.4 Å². The SMILES string of the molecule is CCN(C(=O)c1cccc(S(=O)(=O)N2CCCCC2)c1)[C@H]1CCS(=O)(=O)C1. The van der Waals surface area contributed by atoms with Gasteiger partial charge >= 0.3 is 0 Å². The zero-order chi connectivity index (χ0) is 19.7. The Morgan fingerprint density at radius 1 is 1.22 bits per heavy atom. The van der Waals surface area contributed by atoms with Gasteiger partial charge in [0.2, 0.25) is 10.0 Å². The highest BCUT2D eigenvalue weighted by Gasteiger charge is 2.34. The maximum atomic E-state index is 13.0. The maximum absolute atomic E-state index is 13.0. The Bertz CT molecular complexity index is 905. The van der Waals surface area contributed by atoms with Crippen LogP contribution < -0.4 is 0 Å². The predicted molar refractivity (Wildman–Crippen MR) is 103 cm³/mol. The first-order chi connectivity index (χ1) is 12.7. The normalized spacial score (nSPS) is 23.2. The van der Waals surface area contributed by atoms with Crippen molar-refractivity contribution in [2.75, 3.05) is 31.1 Å². The third kappa shape index (κ3) is 4.35. The summed E-state index contributed by atoms with van der Waals surface area (Å²) in [7, 11) is -6.73. The van der Waals surface area contributed by atoms with E-state index in [4.69, 9.17) is 0 Å². The lowest BCUT2D eigenvalue weighted by atomic mass is 10.1. The fourth-order valence-corrected chi connectivity index (χ4v) is 7.09. The van der Waals surface area contributed by atoms with Crippen LogP contribution in [0.15, 0.2) is 29.2 Å². The molecule has 2 aliphatic rings. The number of benzene rings is 1. The fourth-order valence-electron chi connectivity index (χ4n) is 3.80. The van der Waals surface area contributed by atoms with Crippen LogP contribution in [-0.2, 0) is 19.9 Å². The van der Waals surface area contributed by atoms with Crippen molar-refractivity contribution in [3.05, 3.63) is 29.8 Å². The van der Waals surface area contributed by atoms with Gasteiger partial charge in [0.05, 0.1) is 16.4 Å². The van der Waals surface area contributed by atoms with Gasteiger partial charge in [0.1, 0.15) is 0 Å². The number of amides is 1. The molecule has 0 aromatic heterocycles. The Hall–Kier alpha value is -1.45. The lowest BCUT2D eigenvalue weighted by molar-refractivity contribution is 0.0708. The molecule has 9 heteroatoms. The van der Waals surface area contributed by atoms with E-state index >= 15 is 0 Å². The quantitative estimate of drug-likeness (QED) is 0.728. The summed E-state index contributed by atoms with van der Waals surface area (Å²) in [6.45, 7) is 3.18. The monoisotopic (exact) mass is 414 g/mol. The van der Waals surface area contributed by atoms with Crippen molar-refractivity contribution in [1.29, 1.82) is 0 Å². The van der Waals surface area contributed by atoms with Gasteiger partial charge in [-0.25, -0.2) is 16.8 Å². The molecule has 0 radical (unpaired) electrons. The van der Waals surface area contributed by atoms with Gasteiger partial charge in [0.15, 0.2) is 9.84 Å². The third-order valence-electron chi connectivity index (χ3n) is 5.28. The molecular weight excluding hydrogens is 388 g/mol. The van der Waals surface area contributed by atoms with Gasteiger partial charge in [-0.15, -0.1) is 0 Å². The fraction of sp³-hybridized carbons (Fsp3) is 0.611. The molecule has 2 saturated heterocycles. The number of hydrogen-bond donors (Lipinski definition) is 0. The molecule has 0 spiro atoms. The molecule has 0 aliphatic carbocycles. The number of piperidine rings is 1. The van der Waals surface area contributed by atoms with Crippen LogP contribution in [0.2, 0.25) is 0 Å². The maximum Gasteiger partial charge on any atom is 0.254 e. The van der Waals surface area contributed by atoms with Crippen LogP contribution in [0.4, 0.5) is 0 Å². The summed E-state index contributed by atoms with van der Waals surface area (Å²) in [5, 5.41) is 0. The summed E-state index contributed by atoms with van der Waals surface area (Å²) in [4.78, 5) is 14.6. The van der Waals surface area contributed by atoms with E-state index in [2.05, 4.69) is 0 Å². The topological polar surface area (TPSA) is 91.8 Å². The minimum Gasteiger partial charge on any atom is -0.335 e. The lowest BCUT2D eigenvalue weighted by Gasteiger charge is -2.28. The number of carbonyl (C=O) groups excluding carboxylic acids is 1. The Labute approximate surface area is 161 Å². The van der Waals surface area contributed by atoms with E-state index in [9.17, 15) is 21.6 Å². The Morgan fingerprint density at radius 2 is 1.93 bits per heavy atom. The van der Waals surface area contributed by atoms with Crippen LogP contribution in [0.1, 0.15) is 43.0 Å². The van der Waals surface area contributed by atoms with Gasteiger partial charge in [-0.3, -0.25) is 4.79 Å². The molecule has 0 unspecified atom stereocenters. The van der Waals surface area contributed by atoms with Gasteiger partial charge < -0.3 is 4.90 Å². The molecule has 2 heterocycles. The van der Waals surface area contributed by atoms with Gasteiger partial charge in [0.25, 0.3) is 5.91 Å².